The lowest BCUT2D eigenvalue weighted by atomic mass is 10.1. The summed E-state index contributed by atoms with van der Waals surface area (Å²) < 4.78 is 44.8. The summed E-state index contributed by atoms with van der Waals surface area (Å²) in [4.78, 5) is 36.5. The van der Waals surface area contributed by atoms with Crippen LogP contribution in [0.2, 0.25) is 0 Å². The Morgan fingerprint density at radius 1 is 0.865 bits per heavy atom. The number of hydrogen-bond donors (Lipinski definition) is 3. The number of halogens is 3. The van der Waals surface area contributed by atoms with Crippen LogP contribution in [0.25, 0.3) is 0 Å². The Morgan fingerprint density at radius 2 is 1.51 bits per heavy atom. The van der Waals surface area contributed by atoms with Gasteiger partial charge < -0.3 is 15.4 Å². The molecule has 11 heteroatoms. The number of carbonyl (C=O) groups excluding carboxylic acids is 3. The Balaban J connectivity index is 1.57. The summed E-state index contributed by atoms with van der Waals surface area (Å²) in [5.41, 5.74) is 2.48. The molecule has 3 amide bonds. The minimum absolute atomic E-state index is 0.182. The molecule has 0 fully saturated rings. The lowest BCUT2D eigenvalue weighted by molar-refractivity contribution is -0.137. The number of aryl methyl sites for hydroxylation is 1. The standard InChI is InChI=1S/C26H23F3N4O4/c1-2-17-9-3-6-12-20(17)32-24(35)25(36)33-30-15-18-10-4-8-14-22(18)37-16-23(34)31-21-13-7-5-11-19(21)26(27,28)29/h3-15H,2,16H2,1H3,(H,31,34)(H,32,35)(H,33,36)/b30-15-. The van der Waals surface area contributed by atoms with Crippen LogP contribution in [-0.2, 0) is 27.0 Å². The van der Waals surface area contributed by atoms with E-state index in [0.29, 0.717) is 17.7 Å². The molecule has 3 aromatic carbocycles. The number of amides is 3. The number of hydrazone groups is 1. The first kappa shape index (κ1) is 26.9. The first-order valence-corrected chi connectivity index (χ1v) is 11.1. The van der Waals surface area contributed by atoms with E-state index in [0.717, 1.165) is 17.7 Å². The average molecular weight is 512 g/mol. The van der Waals surface area contributed by atoms with Gasteiger partial charge in [-0.2, -0.15) is 18.3 Å². The average Bonchev–Trinajstić information content (AvgIpc) is 2.88. The predicted molar refractivity (Wildman–Crippen MR) is 132 cm³/mol. The van der Waals surface area contributed by atoms with Crippen molar-refractivity contribution in [3.8, 4) is 5.75 Å². The van der Waals surface area contributed by atoms with E-state index in [1.54, 1.807) is 30.3 Å². The van der Waals surface area contributed by atoms with Crippen molar-refractivity contribution in [1.29, 1.82) is 0 Å². The fourth-order valence-electron chi connectivity index (χ4n) is 3.23. The van der Waals surface area contributed by atoms with Gasteiger partial charge in [-0.3, -0.25) is 14.4 Å². The van der Waals surface area contributed by atoms with Gasteiger partial charge in [-0.05, 0) is 42.3 Å². The van der Waals surface area contributed by atoms with Crippen LogP contribution < -0.4 is 20.8 Å². The number of alkyl halides is 3. The summed E-state index contributed by atoms with van der Waals surface area (Å²) in [6.45, 7) is 1.34. The van der Waals surface area contributed by atoms with Crippen LogP contribution in [-0.4, -0.2) is 30.5 Å². The first-order valence-electron chi connectivity index (χ1n) is 11.1. The summed E-state index contributed by atoms with van der Waals surface area (Å²) in [6, 6.07) is 18.0. The van der Waals surface area contributed by atoms with Crippen molar-refractivity contribution in [2.75, 3.05) is 17.2 Å². The number of benzene rings is 3. The Bertz CT molecular complexity index is 1310. The number of nitrogens with zero attached hydrogens (tertiary/aromatic N) is 1. The quantitative estimate of drug-likeness (QED) is 0.237. The molecule has 0 heterocycles. The zero-order valence-corrected chi connectivity index (χ0v) is 19.6. The number of para-hydroxylation sites is 3. The van der Waals surface area contributed by atoms with Crippen molar-refractivity contribution < 1.29 is 32.3 Å². The Morgan fingerprint density at radius 3 is 2.24 bits per heavy atom. The maximum absolute atomic E-state index is 13.1. The highest BCUT2D eigenvalue weighted by Crippen LogP contribution is 2.34. The second-order valence-corrected chi connectivity index (χ2v) is 7.58. The normalized spacial score (nSPS) is 11.1. The third-order valence-electron chi connectivity index (χ3n) is 5.01. The topological polar surface area (TPSA) is 109 Å². The van der Waals surface area contributed by atoms with Gasteiger partial charge in [0.2, 0.25) is 0 Å². The molecule has 0 unspecified atom stereocenters. The second kappa shape index (κ2) is 12.3. The molecule has 37 heavy (non-hydrogen) atoms. The van der Waals surface area contributed by atoms with Crippen LogP contribution in [0.1, 0.15) is 23.6 Å². The highest BCUT2D eigenvalue weighted by molar-refractivity contribution is 6.39. The van der Waals surface area contributed by atoms with E-state index in [-0.39, 0.29) is 11.4 Å². The van der Waals surface area contributed by atoms with Crippen molar-refractivity contribution in [3.63, 3.8) is 0 Å². The van der Waals surface area contributed by atoms with Gasteiger partial charge in [-0.25, -0.2) is 5.43 Å². The summed E-state index contributed by atoms with van der Waals surface area (Å²) in [6.07, 6.45) is -2.76. The monoisotopic (exact) mass is 512 g/mol. The highest BCUT2D eigenvalue weighted by Gasteiger charge is 2.33. The highest BCUT2D eigenvalue weighted by atomic mass is 19.4. The van der Waals surface area contributed by atoms with Crippen LogP contribution in [0.5, 0.6) is 5.75 Å². The number of anilines is 2. The molecule has 0 bridgehead atoms. The van der Waals surface area contributed by atoms with E-state index < -0.39 is 36.1 Å². The van der Waals surface area contributed by atoms with Crippen LogP contribution >= 0.6 is 0 Å². The van der Waals surface area contributed by atoms with Gasteiger partial charge in [0.25, 0.3) is 5.91 Å². The lowest BCUT2D eigenvalue weighted by Crippen LogP contribution is -2.32. The molecular weight excluding hydrogens is 489 g/mol. The number of carbonyl (C=O) groups is 3. The van der Waals surface area contributed by atoms with E-state index in [2.05, 4.69) is 21.2 Å². The lowest BCUT2D eigenvalue weighted by Gasteiger charge is -2.14. The number of hydrogen-bond acceptors (Lipinski definition) is 5. The van der Waals surface area contributed by atoms with Gasteiger partial charge in [-0.15, -0.1) is 0 Å². The van der Waals surface area contributed by atoms with Gasteiger partial charge >= 0.3 is 18.0 Å². The fraction of sp³-hybridized carbons (Fsp3) is 0.154. The van der Waals surface area contributed by atoms with Gasteiger partial charge in [-0.1, -0.05) is 49.4 Å². The van der Waals surface area contributed by atoms with Crippen molar-refractivity contribution >= 4 is 35.3 Å². The molecule has 0 saturated carbocycles. The van der Waals surface area contributed by atoms with Crippen LogP contribution in [0.15, 0.2) is 77.9 Å². The molecule has 8 nitrogen and oxygen atoms in total. The van der Waals surface area contributed by atoms with Crippen molar-refractivity contribution in [1.82, 2.24) is 5.43 Å². The maximum atomic E-state index is 13.1. The zero-order valence-electron chi connectivity index (χ0n) is 19.6. The minimum atomic E-state index is -4.63. The molecule has 0 aliphatic rings. The summed E-state index contributed by atoms with van der Waals surface area (Å²) in [5, 5.41) is 8.46. The minimum Gasteiger partial charge on any atom is -0.483 e. The van der Waals surface area contributed by atoms with E-state index >= 15 is 0 Å². The van der Waals surface area contributed by atoms with Crippen LogP contribution in [0.4, 0.5) is 24.5 Å². The Kier molecular flexibility index (Phi) is 8.98. The SMILES string of the molecule is CCc1ccccc1NC(=O)C(=O)N/N=C\c1ccccc1OCC(=O)Nc1ccccc1C(F)(F)F. The van der Waals surface area contributed by atoms with Crippen LogP contribution in [0, 0.1) is 0 Å². The van der Waals surface area contributed by atoms with Gasteiger partial charge in [0.05, 0.1) is 17.5 Å². The molecule has 192 valence electrons. The molecule has 0 atom stereocenters. The maximum Gasteiger partial charge on any atom is 0.418 e. The van der Waals surface area contributed by atoms with Crippen molar-refractivity contribution in [3.05, 3.63) is 89.5 Å². The molecule has 0 saturated heterocycles. The largest absolute Gasteiger partial charge is 0.483 e. The zero-order chi connectivity index (χ0) is 26.8. The smallest absolute Gasteiger partial charge is 0.418 e. The molecule has 0 radical (unpaired) electrons. The van der Waals surface area contributed by atoms with E-state index in [9.17, 15) is 27.6 Å². The van der Waals surface area contributed by atoms with E-state index in [4.69, 9.17) is 4.74 Å². The first-order chi connectivity index (χ1) is 17.7. The molecule has 0 spiro atoms. The van der Waals surface area contributed by atoms with E-state index in [1.807, 2.05) is 19.1 Å². The molecule has 3 N–H and O–H groups in total. The molecule has 0 aliphatic carbocycles. The molecule has 3 rings (SSSR count). The molecule has 0 aliphatic heterocycles. The third kappa shape index (κ3) is 7.66. The Labute approximate surface area is 210 Å². The predicted octanol–water partition coefficient (Wildman–Crippen LogP) is 4.37. The van der Waals surface area contributed by atoms with Crippen LogP contribution in [0.3, 0.4) is 0 Å². The number of nitrogens with one attached hydrogen (secondary N) is 3. The number of rotatable bonds is 8. The molecular formula is C26H23F3N4O4. The Hall–Kier alpha value is -4.67. The summed E-state index contributed by atoms with van der Waals surface area (Å²) >= 11 is 0. The van der Waals surface area contributed by atoms with E-state index in [1.165, 1.54) is 24.4 Å². The van der Waals surface area contributed by atoms with Gasteiger partial charge in [0.15, 0.2) is 6.61 Å². The third-order valence-corrected chi connectivity index (χ3v) is 5.01. The molecule has 3 aromatic rings. The summed E-state index contributed by atoms with van der Waals surface area (Å²) in [7, 11) is 0. The second-order valence-electron chi connectivity index (χ2n) is 7.58. The van der Waals surface area contributed by atoms with Crippen molar-refractivity contribution in [2.45, 2.75) is 19.5 Å². The fourth-order valence-corrected chi connectivity index (χ4v) is 3.23. The molecule has 0 aromatic heterocycles. The number of ether oxygens (including phenoxy) is 1. The van der Waals surface area contributed by atoms with Gasteiger partial charge in [0.1, 0.15) is 5.75 Å². The summed E-state index contributed by atoms with van der Waals surface area (Å²) in [5.74, 6) is -2.52. The van der Waals surface area contributed by atoms with Gasteiger partial charge in [0, 0.05) is 11.3 Å². The van der Waals surface area contributed by atoms with Crippen molar-refractivity contribution in [2.24, 2.45) is 5.10 Å².